The summed E-state index contributed by atoms with van der Waals surface area (Å²) in [5, 5.41) is 11.6. The van der Waals surface area contributed by atoms with Crippen LogP contribution in [0.3, 0.4) is 0 Å². The first-order valence-corrected chi connectivity index (χ1v) is 6.54. The molecule has 19 heavy (non-hydrogen) atoms. The number of carbonyl (C=O) groups is 2. The van der Waals surface area contributed by atoms with Crippen LogP contribution >= 0.6 is 0 Å². The zero-order chi connectivity index (χ0) is 14.4. The SMILES string of the molecule is CCC(CCC(=O)O)C(=O)Nc1cc(C)ccc1C. The molecular weight excluding hydrogens is 242 g/mol. The third-order valence-electron chi connectivity index (χ3n) is 3.22. The van der Waals surface area contributed by atoms with Gasteiger partial charge in [0.05, 0.1) is 0 Å². The van der Waals surface area contributed by atoms with Gasteiger partial charge in [0.2, 0.25) is 5.91 Å². The number of carbonyl (C=O) groups excluding carboxylic acids is 1. The van der Waals surface area contributed by atoms with Crippen molar-refractivity contribution < 1.29 is 14.7 Å². The molecule has 2 N–H and O–H groups in total. The Morgan fingerprint density at radius 3 is 2.58 bits per heavy atom. The lowest BCUT2D eigenvalue weighted by Gasteiger charge is -2.15. The Labute approximate surface area is 113 Å². The second-order valence-corrected chi connectivity index (χ2v) is 4.85. The average Bonchev–Trinajstić information content (AvgIpc) is 2.34. The maximum atomic E-state index is 12.1. The fraction of sp³-hybridized carbons (Fsp3) is 0.467. The third-order valence-corrected chi connectivity index (χ3v) is 3.22. The summed E-state index contributed by atoms with van der Waals surface area (Å²) >= 11 is 0. The quantitative estimate of drug-likeness (QED) is 0.828. The van der Waals surface area contributed by atoms with E-state index in [1.54, 1.807) is 0 Å². The maximum absolute atomic E-state index is 12.1. The molecule has 1 rings (SSSR count). The summed E-state index contributed by atoms with van der Waals surface area (Å²) in [6.07, 6.45) is 1.05. The first-order chi connectivity index (χ1) is 8.93. The van der Waals surface area contributed by atoms with Crippen LogP contribution in [0.1, 0.15) is 37.3 Å². The monoisotopic (exact) mass is 263 g/mol. The molecule has 0 aliphatic heterocycles. The van der Waals surface area contributed by atoms with Crippen LogP contribution in [0.2, 0.25) is 0 Å². The summed E-state index contributed by atoms with van der Waals surface area (Å²) in [4.78, 5) is 22.7. The maximum Gasteiger partial charge on any atom is 0.303 e. The van der Waals surface area contributed by atoms with Gasteiger partial charge in [0, 0.05) is 18.0 Å². The van der Waals surface area contributed by atoms with Gasteiger partial charge >= 0.3 is 5.97 Å². The summed E-state index contributed by atoms with van der Waals surface area (Å²) in [5.74, 6) is -1.22. The summed E-state index contributed by atoms with van der Waals surface area (Å²) < 4.78 is 0. The zero-order valence-electron chi connectivity index (χ0n) is 11.7. The molecule has 104 valence electrons. The number of amides is 1. The normalized spacial score (nSPS) is 11.9. The molecule has 0 aliphatic carbocycles. The zero-order valence-corrected chi connectivity index (χ0v) is 11.7. The molecule has 0 bridgehead atoms. The minimum absolute atomic E-state index is 0.0265. The molecule has 0 saturated heterocycles. The van der Waals surface area contributed by atoms with Gasteiger partial charge in [0.15, 0.2) is 0 Å². The fourth-order valence-electron chi connectivity index (χ4n) is 1.92. The number of benzene rings is 1. The van der Waals surface area contributed by atoms with Crippen molar-refractivity contribution in [3.63, 3.8) is 0 Å². The van der Waals surface area contributed by atoms with Gasteiger partial charge in [0.1, 0.15) is 0 Å². The van der Waals surface area contributed by atoms with Gasteiger partial charge in [-0.1, -0.05) is 19.1 Å². The predicted molar refractivity (Wildman–Crippen MR) is 75.2 cm³/mol. The van der Waals surface area contributed by atoms with Crippen LogP contribution in [-0.2, 0) is 9.59 Å². The molecule has 1 aromatic carbocycles. The molecule has 1 amide bonds. The Morgan fingerprint density at radius 1 is 1.32 bits per heavy atom. The van der Waals surface area contributed by atoms with E-state index in [0.717, 1.165) is 16.8 Å². The molecule has 1 unspecified atom stereocenters. The molecular formula is C15H21NO3. The number of anilines is 1. The number of hydrogen-bond acceptors (Lipinski definition) is 2. The summed E-state index contributed by atoms with van der Waals surface area (Å²) in [7, 11) is 0. The lowest BCUT2D eigenvalue weighted by molar-refractivity contribution is -0.137. The van der Waals surface area contributed by atoms with E-state index in [1.807, 2.05) is 39.0 Å². The summed E-state index contributed by atoms with van der Waals surface area (Å²) in [6.45, 7) is 5.80. The number of rotatable bonds is 6. The Morgan fingerprint density at radius 2 is 2.00 bits per heavy atom. The third kappa shape index (κ3) is 4.73. The smallest absolute Gasteiger partial charge is 0.303 e. The topological polar surface area (TPSA) is 66.4 Å². The molecule has 0 fully saturated rings. The molecule has 0 spiro atoms. The van der Waals surface area contributed by atoms with Crippen LogP contribution in [-0.4, -0.2) is 17.0 Å². The number of carboxylic acid groups (broad SMARTS) is 1. The standard InChI is InChI=1S/C15H21NO3/c1-4-12(7-8-14(17)18)15(19)16-13-9-10(2)5-6-11(13)3/h5-6,9,12H,4,7-8H2,1-3H3,(H,16,19)(H,17,18). The molecule has 0 radical (unpaired) electrons. The minimum atomic E-state index is -0.863. The number of aryl methyl sites for hydroxylation is 2. The molecule has 4 heteroatoms. The Bertz CT molecular complexity index is 468. The lowest BCUT2D eigenvalue weighted by atomic mass is 9.99. The first-order valence-electron chi connectivity index (χ1n) is 6.54. The molecule has 1 aromatic rings. The largest absolute Gasteiger partial charge is 0.481 e. The molecule has 0 aromatic heterocycles. The van der Waals surface area contributed by atoms with E-state index >= 15 is 0 Å². The van der Waals surface area contributed by atoms with Crippen molar-refractivity contribution in [2.45, 2.75) is 40.0 Å². The van der Waals surface area contributed by atoms with Crippen LogP contribution in [0.4, 0.5) is 5.69 Å². The highest BCUT2D eigenvalue weighted by molar-refractivity contribution is 5.93. The molecule has 0 saturated carbocycles. The highest BCUT2D eigenvalue weighted by Gasteiger charge is 2.18. The van der Waals surface area contributed by atoms with Gasteiger partial charge in [-0.25, -0.2) is 0 Å². The highest BCUT2D eigenvalue weighted by atomic mass is 16.4. The van der Waals surface area contributed by atoms with Crippen molar-refractivity contribution in [2.75, 3.05) is 5.32 Å². The number of aliphatic carboxylic acids is 1. The Hall–Kier alpha value is -1.84. The summed E-state index contributed by atoms with van der Waals surface area (Å²) in [5.41, 5.74) is 2.89. The van der Waals surface area contributed by atoms with Gasteiger partial charge < -0.3 is 10.4 Å². The average molecular weight is 263 g/mol. The van der Waals surface area contributed by atoms with E-state index in [4.69, 9.17) is 5.11 Å². The first kappa shape index (κ1) is 15.2. The van der Waals surface area contributed by atoms with Crippen molar-refractivity contribution in [3.05, 3.63) is 29.3 Å². The Kier molecular flexibility index (Phi) is 5.55. The van der Waals surface area contributed by atoms with Gasteiger partial charge in [-0.2, -0.15) is 0 Å². The number of nitrogens with one attached hydrogen (secondary N) is 1. The van der Waals surface area contributed by atoms with Crippen LogP contribution in [0, 0.1) is 19.8 Å². The van der Waals surface area contributed by atoms with E-state index in [0.29, 0.717) is 12.8 Å². The van der Waals surface area contributed by atoms with Crippen LogP contribution in [0.15, 0.2) is 18.2 Å². The van der Waals surface area contributed by atoms with E-state index in [9.17, 15) is 9.59 Å². The van der Waals surface area contributed by atoms with Gasteiger partial charge in [0.25, 0.3) is 0 Å². The van der Waals surface area contributed by atoms with Crippen molar-refractivity contribution in [2.24, 2.45) is 5.92 Å². The van der Waals surface area contributed by atoms with Crippen molar-refractivity contribution >= 4 is 17.6 Å². The van der Waals surface area contributed by atoms with Gasteiger partial charge in [-0.3, -0.25) is 9.59 Å². The second-order valence-electron chi connectivity index (χ2n) is 4.85. The summed E-state index contributed by atoms with van der Waals surface area (Å²) in [6, 6.07) is 5.88. The van der Waals surface area contributed by atoms with Crippen molar-refractivity contribution in [3.8, 4) is 0 Å². The van der Waals surface area contributed by atoms with Crippen LogP contribution < -0.4 is 5.32 Å². The van der Waals surface area contributed by atoms with Crippen molar-refractivity contribution in [1.29, 1.82) is 0 Å². The van der Waals surface area contributed by atoms with E-state index in [2.05, 4.69) is 5.32 Å². The van der Waals surface area contributed by atoms with E-state index in [-0.39, 0.29) is 18.2 Å². The Balaban J connectivity index is 2.71. The number of hydrogen-bond donors (Lipinski definition) is 2. The predicted octanol–water partition coefficient (Wildman–Crippen LogP) is 3.13. The van der Waals surface area contributed by atoms with Gasteiger partial charge in [-0.05, 0) is 43.9 Å². The molecule has 4 nitrogen and oxygen atoms in total. The highest BCUT2D eigenvalue weighted by Crippen LogP contribution is 2.19. The fourth-order valence-corrected chi connectivity index (χ4v) is 1.92. The molecule has 1 atom stereocenters. The van der Waals surface area contributed by atoms with E-state index < -0.39 is 5.97 Å². The molecule has 0 heterocycles. The number of carboxylic acids is 1. The van der Waals surface area contributed by atoms with Crippen molar-refractivity contribution in [1.82, 2.24) is 0 Å². The lowest BCUT2D eigenvalue weighted by Crippen LogP contribution is -2.23. The molecule has 0 aliphatic rings. The van der Waals surface area contributed by atoms with Gasteiger partial charge in [-0.15, -0.1) is 0 Å². The van der Waals surface area contributed by atoms with E-state index in [1.165, 1.54) is 0 Å². The second kappa shape index (κ2) is 6.92. The minimum Gasteiger partial charge on any atom is -0.481 e. The van der Waals surface area contributed by atoms with Crippen LogP contribution in [0.25, 0.3) is 0 Å². The van der Waals surface area contributed by atoms with Crippen LogP contribution in [0.5, 0.6) is 0 Å².